The summed E-state index contributed by atoms with van der Waals surface area (Å²) in [6.07, 6.45) is 9.89. The number of rotatable bonds is 4. The predicted molar refractivity (Wildman–Crippen MR) is 69.7 cm³/mol. The molecule has 3 heteroatoms. The van der Waals surface area contributed by atoms with Gasteiger partial charge in [-0.15, -0.1) is 0 Å². The molecule has 0 saturated carbocycles. The summed E-state index contributed by atoms with van der Waals surface area (Å²) in [4.78, 5) is 14.3. The zero-order valence-corrected chi connectivity index (χ0v) is 10.8. The number of nitrogens with zero attached hydrogens (tertiary/aromatic N) is 1. The predicted octanol–water partition coefficient (Wildman–Crippen LogP) is 1.80. The number of likely N-dealkylation sites (tertiary alicyclic amines) is 1. The third kappa shape index (κ3) is 3.56. The van der Waals surface area contributed by atoms with Gasteiger partial charge in [0.25, 0.3) is 0 Å². The zero-order valence-electron chi connectivity index (χ0n) is 10.8. The number of allylic oxidation sites excluding steroid dienone is 2. The van der Waals surface area contributed by atoms with Crippen molar-refractivity contribution in [3.8, 4) is 0 Å². The number of hydrogen-bond donors (Lipinski definition) is 1. The molecule has 1 aliphatic heterocycles. The molecule has 1 saturated heterocycles. The van der Waals surface area contributed by atoms with E-state index < -0.39 is 0 Å². The molecule has 2 aliphatic rings. The lowest BCUT2D eigenvalue weighted by atomic mass is 9.96. The van der Waals surface area contributed by atoms with E-state index in [1.54, 1.807) is 0 Å². The highest BCUT2D eigenvalue weighted by atomic mass is 16.2. The fraction of sp³-hybridized carbons (Fsp3) is 0.786. The van der Waals surface area contributed by atoms with Gasteiger partial charge in [0.1, 0.15) is 0 Å². The van der Waals surface area contributed by atoms with Gasteiger partial charge in [-0.05, 0) is 51.1 Å². The van der Waals surface area contributed by atoms with Crippen LogP contribution in [-0.2, 0) is 4.79 Å². The Bertz CT molecular complexity index is 286. The summed E-state index contributed by atoms with van der Waals surface area (Å²) in [5.41, 5.74) is 0. The number of amides is 1. The average Bonchev–Trinajstić information content (AvgIpc) is 2.83. The molecule has 2 unspecified atom stereocenters. The van der Waals surface area contributed by atoms with Crippen molar-refractivity contribution >= 4 is 5.91 Å². The van der Waals surface area contributed by atoms with Crippen LogP contribution < -0.4 is 5.32 Å². The molecule has 1 heterocycles. The standard InChI is InChI=1S/C14H24N2O/c1-15-10-13-7-4-8-16(11-13)14(17)9-12-5-2-3-6-12/h2,5,12-13,15H,3-4,6-11H2,1H3. The summed E-state index contributed by atoms with van der Waals surface area (Å²) in [6.45, 7) is 2.96. The largest absolute Gasteiger partial charge is 0.342 e. The zero-order chi connectivity index (χ0) is 12.1. The van der Waals surface area contributed by atoms with Gasteiger partial charge in [0.15, 0.2) is 0 Å². The van der Waals surface area contributed by atoms with Crippen molar-refractivity contribution in [2.75, 3.05) is 26.7 Å². The van der Waals surface area contributed by atoms with E-state index in [1.165, 1.54) is 19.3 Å². The Labute approximate surface area is 104 Å². The summed E-state index contributed by atoms with van der Waals surface area (Å²) in [7, 11) is 1.99. The van der Waals surface area contributed by atoms with E-state index in [0.717, 1.165) is 32.5 Å². The lowest BCUT2D eigenvalue weighted by Crippen LogP contribution is -2.42. The molecule has 1 N–H and O–H groups in total. The van der Waals surface area contributed by atoms with Gasteiger partial charge in [-0.25, -0.2) is 0 Å². The smallest absolute Gasteiger partial charge is 0.223 e. The van der Waals surface area contributed by atoms with E-state index in [0.29, 0.717) is 17.7 Å². The molecular weight excluding hydrogens is 212 g/mol. The number of hydrogen-bond acceptors (Lipinski definition) is 2. The Balaban J connectivity index is 1.79. The molecule has 1 fully saturated rings. The third-order valence-corrected chi connectivity index (χ3v) is 3.91. The number of carbonyl (C=O) groups excluding carboxylic acids is 1. The average molecular weight is 236 g/mol. The highest BCUT2D eigenvalue weighted by Crippen LogP contribution is 2.23. The van der Waals surface area contributed by atoms with Crippen molar-refractivity contribution in [2.45, 2.75) is 32.1 Å². The van der Waals surface area contributed by atoms with E-state index >= 15 is 0 Å². The summed E-state index contributed by atoms with van der Waals surface area (Å²) in [6, 6.07) is 0. The Morgan fingerprint density at radius 2 is 2.35 bits per heavy atom. The number of carbonyl (C=O) groups is 1. The van der Waals surface area contributed by atoms with Crippen LogP contribution >= 0.6 is 0 Å². The van der Waals surface area contributed by atoms with Crippen LogP contribution in [0, 0.1) is 11.8 Å². The summed E-state index contributed by atoms with van der Waals surface area (Å²) < 4.78 is 0. The molecule has 3 nitrogen and oxygen atoms in total. The SMILES string of the molecule is CNCC1CCCN(C(=O)CC2C=CCC2)C1. The molecule has 96 valence electrons. The fourth-order valence-corrected chi connectivity index (χ4v) is 2.97. The van der Waals surface area contributed by atoms with E-state index in [9.17, 15) is 4.79 Å². The lowest BCUT2D eigenvalue weighted by molar-refractivity contribution is -0.133. The second kappa shape index (κ2) is 6.20. The molecule has 2 rings (SSSR count). The summed E-state index contributed by atoms with van der Waals surface area (Å²) >= 11 is 0. The van der Waals surface area contributed by atoms with Gasteiger partial charge in [0.05, 0.1) is 0 Å². The summed E-state index contributed by atoms with van der Waals surface area (Å²) in [5, 5.41) is 3.22. The van der Waals surface area contributed by atoms with Gasteiger partial charge in [0.2, 0.25) is 5.91 Å². The molecule has 0 spiro atoms. The first-order valence-corrected chi connectivity index (χ1v) is 6.88. The molecule has 0 bridgehead atoms. The molecule has 0 aromatic heterocycles. The first-order chi connectivity index (χ1) is 8.29. The second-order valence-corrected chi connectivity index (χ2v) is 5.38. The maximum absolute atomic E-state index is 12.2. The Hall–Kier alpha value is -0.830. The van der Waals surface area contributed by atoms with Crippen LogP contribution in [0.15, 0.2) is 12.2 Å². The van der Waals surface area contributed by atoms with Crippen LogP contribution in [0.4, 0.5) is 0 Å². The van der Waals surface area contributed by atoms with E-state index in [-0.39, 0.29) is 0 Å². The van der Waals surface area contributed by atoms with Crippen LogP contribution in [-0.4, -0.2) is 37.5 Å². The Morgan fingerprint density at radius 1 is 1.47 bits per heavy atom. The minimum absolute atomic E-state index is 0.363. The van der Waals surface area contributed by atoms with Crippen LogP contribution in [0.5, 0.6) is 0 Å². The van der Waals surface area contributed by atoms with Crippen molar-refractivity contribution in [3.63, 3.8) is 0 Å². The third-order valence-electron chi connectivity index (χ3n) is 3.91. The van der Waals surface area contributed by atoms with Crippen molar-refractivity contribution in [1.82, 2.24) is 10.2 Å². The van der Waals surface area contributed by atoms with Crippen molar-refractivity contribution in [1.29, 1.82) is 0 Å². The molecule has 0 aromatic carbocycles. The van der Waals surface area contributed by atoms with Crippen LogP contribution in [0.2, 0.25) is 0 Å². The van der Waals surface area contributed by atoms with E-state index in [1.807, 2.05) is 7.05 Å². The van der Waals surface area contributed by atoms with Gasteiger partial charge in [-0.3, -0.25) is 4.79 Å². The molecule has 0 radical (unpaired) electrons. The quantitative estimate of drug-likeness (QED) is 0.755. The molecule has 0 aromatic rings. The van der Waals surface area contributed by atoms with Crippen LogP contribution in [0.1, 0.15) is 32.1 Å². The van der Waals surface area contributed by atoms with Gasteiger partial charge < -0.3 is 10.2 Å². The topological polar surface area (TPSA) is 32.3 Å². The summed E-state index contributed by atoms with van der Waals surface area (Å²) in [5.74, 6) is 1.52. The van der Waals surface area contributed by atoms with Gasteiger partial charge in [0, 0.05) is 19.5 Å². The Morgan fingerprint density at radius 3 is 3.06 bits per heavy atom. The molecule has 17 heavy (non-hydrogen) atoms. The van der Waals surface area contributed by atoms with Gasteiger partial charge in [-0.2, -0.15) is 0 Å². The first kappa shape index (κ1) is 12.6. The molecule has 1 amide bonds. The van der Waals surface area contributed by atoms with E-state index in [2.05, 4.69) is 22.4 Å². The minimum atomic E-state index is 0.363. The van der Waals surface area contributed by atoms with Gasteiger partial charge >= 0.3 is 0 Å². The molecule has 1 aliphatic carbocycles. The monoisotopic (exact) mass is 236 g/mol. The van der Waals surface area contributed by atoms with E-state index in [4.69, 9.17) is 0 Å². The highest BCUT2D eigenvalue weighted by molar-refractivity contribution is 5.76. The normalized spacial score (nSPS) is 28.6. The minimum Gasteiger partial charge on any atom is -0.342 e. The molecular formula is C14H24N2O. The lowest BCUT2D eigenvalue weighted by Gasteiger charge is -2.33. The van der Waals surface area contributed by atoms with Gasteiger partial charge in [-0.1, -0.05) is 12.2 Å². The van der Waals surface area contributed by atoms with Crippen LogP contribution in [0.3, 0.4) is 0 Å². The Kier molecular flexibility index (Phi) is 4.60. The van der Waals surface area contributed by atoms with Crippen LogP contribution in [0.25, 0.3) is 0 Å². The maximum atomic E-state index is 12.2. The fourth-order valence-electron chi connectivity index (χ4n) is 2.97. The number of nitrogens with one attached hydrogen (secondary N) is 1. The second-order valence-electron chi connectivity index (χ2n) is 5.38. The molecule has 2 atom stereocenters. The number of piperidine rings is 1. The highest BCUT2D eigenvalue weighted by Gasteiger charge is 2.24. The van der Waals surface area contributed by atoms with Crippen molar-refractivity contribution in [3.05, 3.63) is 12.2 Å². The maximum Gasteiger partial charge on any atom is 0.223 e. The first-order valence-electron chi connectivity index (χ1n) is 6.88. The van der Waals surface area contributed by atoms with Crippen molar-refractivity contribution in [2.24, 2.45) is 11.8 Å². The van der Waals surface area contributed by atoms with Crippen molar-refractivity contribution < 1.29 is 4.79 Å².